The van der Waals surface area contributed by atoms with Gasteiger partial charge in [0.15, 0.2) is 5.82 Å². The van der Waals surface area contributed by atoms with Crippen LogP contribution in [0.15, 0.2) is 4.52 Å². The number of rotatable bonds is 3. The molecule has 82 valence electrons. The van der Waals surface area contributed by atoms with Gasteiger partial charge in [0.2, 0.25) is 11.8 Å². The molecule has 15 heavy (non-hydrogen) atoms. The molecule has 2 heterocycles. The van der Waals surface area contributed by atoms with Crippen molar-refractivity contribution in [2.45, 2.75) is 19.5 Å². The molecule has 6 nitrogen and oxygen atoms in total. The standard InChI is InChI=1S/C8H12N4O2S/c1-5-11-7(12-14-5)2-9-8(13)6-3-15-4-10-6/h6,10H,2-4H2,1H3,(H,9,13). The summed E-state index contributed by atoms with van der Waals surface area (Å²) in [5.41, 5.74) is 0. The van der Waals surface area contributed by atoms with Crippen LogP contribution in [-0.2, 0) is 11.3 Å². The molecule has 0 bridgehead atoms. The quantitative estimate of drug-likeness (QED) is 0.736. The van der Waals surface area contributed by atoms with Gasteiger partial charge in [-0.2, -0.15) is 4.98 Å². The lowest BCUT2D eigenvalue weighted by atomic mass is 10.3. The van der Waals surface area contributed by atoms with Crippen molar-refractivity contribution in [3.05, 3.63) is 11.7 Å². The fourth-order valence-corrected chi connectivity index (χ4v) is 2.21. The van der Waals surface area contributed by atoms with Gasteiger partial charge in [-0.15, -0.1) is 11.8 Å². The Morgan fingerprint density at radius 3 is 3.27 bits per heavy atom. The van der Waals surface area contributed by atoms with Gasteiger partial charge in [0.05, 0.1) is 12.6 Å². The summed E-state index contributed by atoms with van der Waals surface area (Å²) in [5.74, 6) is 2.65. The molecular weight excluding hydrogens is 216 g/mol. The van der Waals surface area contributed by atoms with Gasteiger partial charge in [0, 0.05) is 18.6 Å². The van der Waals surface area contributed by atoms with E-state index in [9.17, 15) is 4.79 Å². The van der Waals surface area contributed by atoms with Crippen molar-refractivity contribution in [1.82, 2.24) is 20.8 Å². The summed E-state index contributed by atoms with van der Waals surface area (Å²) in [4.78, 5) is 15.5. The van der Waals surface area contributed by atoms with Gasteiger partial charge >= 0.3 is 0 Å². The smallest absolute Gasteiger partial charge is 0.238 e. The van der Waals surface area contributed by atoms with Crippen LogP contribution in [0.4, 0.5) is 0 Å². The number of carbonyl (C=O) groups excluding carboxylic acids is 1. The van der Waals surface area contributed by atoms with Crippen LogP contribution in [0.2, 0.25) is 0 Å². The van der Waals surface area contributed by atoms with Gasteiger partial charge in [-0.25, -0.2) is 0 Å². The van der Waals surface area contributed by atoms with Crippen LogP contribution in [0, 0.1) is 6.92 Å². The fourth-order valence-electron chi connectivity index (χ4n) is 1.27. The summed E-state index contributed by atoms with van der Waals surface area (Å²) in [7, 11) is 0. The maximum atomic E-state index is 11.6. The fraction of sp³-hybridized carbons (Fsp3) is 0.625. The minimum Gasteiger partial charge on any atom is -0.347 e. The third kappa shape index (κ3) is 2.69. The van der Waals surface area contributed by atoms with E-state index in [1.54, 1.807) is 18.7 Å². The zero-order valence-corrected chi connectivity index (χ0v) is 9.13. The van der Waals surface area contributed by atoms with E-state index >= 15 is 0 Å². The number of nitrogens with one attached hydrogen (secondary N) is 2. The molecule has 1 aromatic rings. The van der Waals surface area contributed by atoms with Gasteiger partial charge in [-0.05, 0) is 0 Å². The van der Waals surface area contributed by atoms with Crippen molar-refractivity contribution in [2.75, 3.05) is 11.6 Å². The monoisotopic (exact) mass is 228 g/mol. The minimum atomic E-state index is -0.0944. The topological polar surface area (TPSA) is 80.0 Å². The van der Waals surface area contributed by atoms with Crippen LogP contribution in [0.5, 0.6) is 0 Å². The Balaban J connectivity index is 1.80. The summed E-state index contributed by atoms with van der Waals surface area (Å²) in [6.07, 6.45) is 0. The molecule has 0 saturated carbocycles. The van der Waals surface area contributed by atoms with Gasteiger partial charge in [0.25, 0.3) is 0 Å². The van der Waals surface area contributed by atoms with E-state index < -0.39 is 0 Å². The highest BCUT2D eigenvalue weighted by molar-refractivity contribution is 7.99. The summed E-state index contributed by atoms with van der Waals surface area (Å²) in [6, 6.07) is -0.0944. The first kappa shape index (κ1) is 10.4. The van der Waals surface area contributed by atoms with Crippen molar-refractivity contribution in [3.63, 3.8) is 0 Å². The highest BCUT2D eigenvalue weighted by atomic mass is 32.2. The molecule has 1 saturated heterocycles. The summed E-state index contributed by atoms with van der Waals surface area (Å²) < 4.78 is 4.79. The largest absolute Gasteiger partial charge is 0.347 e. The average Bonchev–Trinajstić information content (AvgIpc) is 2.84. The van der Waals surface area contributed by atoms with E-state index in [2.05, 4.69) is 20.8 Å². The van der Waals surface area contributed by atoms with Crippen LogP contribution in [0.1, 0.15) is 11.7 Å². The van der Waals surface area contributed by atoms with Crippen molar-refractivity contribution in [1.29, 1.82) is 0 Å². The Hall–Kier alpha value is -1.08. The highest BCUT2D eigenvalue weighted by Crippen LogP contribution is 2.09. The average molecular weight is 228 g/mol. The number of hydrogen-bond acceptors (Lipinski definition) is 6. The predicted octanol–water partition coefficient (Wildman–Crippen LogP) is -0.343. The Bertz CT molecular complexity index is 348. The number of aryl methyl sites for hydroxylation is 1. The Morgan fingerprint density at radius 2 is 2.67 bits per heavy atom. The molecule has 0 aliphatic carbocycles. The minimum absolute atomic E-state index is 0.0116. The molecule has 1 aromatic heterocycles. The normalized spacial score (nSPS) is 20.5. The molecule has 1 amide bonds. The van der Waals surface area contributed by atoms with Gasteiger partial charge in [-0.1, -0.05) is 5.16 Å². The predicted molar refractivity (Wildman–Crippen MR) is 55.1 cm³/mol. The van der Waals surface area contributed by atoms with E-state index in [0.29, 0.717) is 18.3 Å². The molecule has 7 heteroatoms. The van der Waals surface area contributed by atoms with Crippen molar-refractivity contribution in [3.8, 4) is 0 Å². The Labute approximate surface area is 91.2 Å². The first-order chi connectivity index (χ1) is 7.25. The molecule has 1 fully saturated rings. The van der Waals surface area contributed by atoms with Gasteiger partial charge in [-0.3, -0.25) is 10.1 Å². The second-order valence-corrected chi connectivity index (χ2v) is 4.25. The molecule has 1 aliphatic rings. The lowest BCUT2D eigenvalue weighted by molar-refractivity contribution is -0.122. The van der Waals surface area contributed by atoms with Gasteiger partial charge < -0.3 is 9.84 Å². The number of aromatic nitrogens is 2. The third-order valence-corrected chi connectivity index (χ3v) is 2.96. The highest BCUT2D eigenvalue weighted by Gasteiger charge is 2.22. The van der Waals surface area contributed by atoms with Crippen LogP contribution < -0.4 is 10.6 Å². The molecule has 0 spiro atoms. The van der Waals surface area contributed by atoms with E-state index in [1.165, 1.54) is 0 Å². The Kier molecular flexibility index (Phi) is 3.22. The lowest BCUT2D eigenvalue weighted by Crippen LogP contribution is -2.41. The van der Waals surface area contributed by atoms with E-state index in [0.717, 1.165) is 11.6 Å². The summed E-state index contributed by atoms with van der Waals surface area (Å²) in [5, 5.41) is 9.53. The van der Waals surface area contributed by atoms with Crippen LogP contribution in [0.3, 0.4) is 0 Å². The Morgan fingerprint density at radius 1 is 1.80 bits per heavy atom. The summed E-state index contributed by atoms with van der Waals surface area (Å²) >= 11 is 1.71. The van der Waals surface area contributed by atoms with E-state index in [1.807, 2.05) is 0 Å². The first-order valence-corrected chi connectivity index (χ1v) is 5.79. The van der Waals surface area contributed by atoms with Crippen molar-refractivity contribution in [2.24, 2.45) is 0 Å². The second kappa shape index (κ2) is 4.63. The number of carbonyl (C=O) groups is 1. The van der Waals surface area contributed by atoms with Crippen molar-refractivity contribution < 1.29 is 9.32 Å². The molecule has 2 N–H and O–H groups in total. The van der Waals surface area contributed by atoms with E-state index in [-0.39, 0.29) is 11.9 Å². The molecule has 0 radical (unpaired) electrons. The maximum Gasteiger partial charge on any atom is 0.238 e. The van der Waals surface area contributed by atoms with Crippen LogP contribution in [0.25, 0.3) is 0 Å². The number of hydrogen-bond donors (Lipinski definition) is 2. The molecular formula is C8H12N4O2S. The molecule has 0 aromatic carbocycles. The lowest BCUT2D eigenvalue weighted by Gasteiger charge is -2.08. The molecule has 2 rings (SSSR count). The third-order valence-electron chi connectivity index (χ3n) is 2.02. The SMILES string of the molecule is Cc1nc(CNC(=O)C2CSCN2)no1. The zero-order valence-electron chi connectivity index (χ0n) is 8.32. The summed E-state index contributed by atoms with van der Waals surface area (Å²) in [6.45, 7) is 2.03. The molecule has 1 atom stereocenters. The number of thioether (sulfide) groups is 1. The number of amides is 1. The van der Waals surface area contributed by atoms with Gasteiger partial charge in [0.1, 0.15) is 0 Å². The molecule has 1 aliphatic heterocycles. The molecule has 1 unspecified atom stereocenters. The first-order valence-electron chi connectivity index (χ1n) is 4.64. The number of nitrogens with zero attached hydrogens (tertiary/aromatic N) is 2. The second-order valence-electron chi connectivity index (χ2n) is 3.22. The zero-order chi connectivity index (χ0) is 10.7. The van der Waals surface area contributed by atoms with Crippen LogP contribution in [-0.4, -0.2) is 33.7 Å². The maximum absolute atomic E-state index is 11.6. The van der Waals surface area contributed by atoms with Crippen LogP contribution >= 0.6 is 11.8 Å². The van der Waals surface area contributed by atoms with Crippen molar-refractivity contribution >= 4 is 17.7 Å². The van der Waals surface area contributed by atoms with E-state index in [4.69, 9.17) is 4.52 Å².